The van der Waals surface area contributed by atoms with E-state index in [4.69, 9.17) is 9.15 Å². The van der Waals surface area contributed by atoms with Gasteiger partial charge in [0.15, 0.2) is 5.76 Å². The van der Waals surface area contributed by atoms with Crippen LogP contribution in [0, 0.1) is 6.92 Å². The van der Waals surface area contributed by atoms with E-state index in [1.165, 1.54) is 4.90 Å². The monoisotopic (exact) mass is 405 g/mol. The largest absolute Gasteiger partial charge is 0.489 e. The second-order valence-electron chi connectivity index (χ2n) is 7.37. The molecular formula is C24H23NO5. The van der Waals surface area contributed by atoms with Crippen molar-refractivity contribution in [2.75, 3.05) is 6.54 Å². The first-order valence-corrected chi connectivity index (χ1v) is 9.94. The zero-order valence-electron chi connectivity index (χ0n) is 16.7. The SMILES string of the molecule is Cc1oc(C(=O)N2CCC[C@@H]2C(=O)O)cc1COc1ccc(-c2ccccc2)cc1. The van der Waals surface area contributed by atoms with Gasteiger partial charge in [-0.1, -0.05) is 42.5 Å². The van der Waals surface area contributed by atoms with E-state index >= 15 is 0 Å². The quantitative estimate of drug-likeness (QED) is 0.652. The van der Waals surface area contributed by atoms with Crippen molar-refractivity contribution in [1.82, 2.24) is 4.90 Å². The summed E-state index contributed by atoms with van der Waals surface area (Å²) < 4.78 is 11.5. The fourth-order valence-corrected chi connectivity index (χ4v) is 3.71. The number of carbonyl (C=O) groups is 2. The molecule has 3 aromatic rings. The molecule has 6 heteroatoms. The molecule has 0 bridgehead atoms. The average molecular weight is 405 g/mol. The van der Waals surface area contributed by atoms with E-state index in [1.54, 1.807) is 13.0 Å². The Kier molecular flexibility index (Phi) is 5.57. The number of benzene rings is 2. The molecule has 1 aromatic heterocycles. The summed E-state index contributed by atoms with van der Waals surface area (Å²) in [5.41, 5.74) is 3.00. The van der Waals surface area contributed by atoms with Crippen LogP contribution in [0.3, 0.4) is 0 Å². The molecule has 0 spiro atoms. The number of hydrogen-bond acceptors (Lipinski definition) is 4. The van der Waals surface area contributed by atoms with Crippen molar-refractivity contribution in [2.24, 2.45) is 0 Å². The van der Waals surface area contributed by atoms with Crippen LogP contribution in [0.5, 0.6) is 5.75 Å². The number of likely N-dealkylation sites (tertiary alicyclic amines) is 1. The highest BCUT2D eigenvalue weighted by atomic mass is 16.5. The van der Waals surface area contributed by atoms with Gasteiger partial charge in [-0.2, -0.15) is 0 Å². The van der Waals surface area contributed by atoms with E-state index in [2.05, 4.69) is 12.1 Å². The third kappa shape index (κ3) is 4.08. The topological polar surface area (TPSA) is 80.0 Å². The number of aliphatic carboxylic acids is 1. The standard InChI is InChI=1S/C24H23NO5/c1-16-19(14-22(30-16)23(26)25-13-5-8-21(25)24(27)28)15-29-20-11-9-18(10-12-20)17-6-3-2-4-7-17/h2-4,6-7,9-12,14,21H,5,8,13,15H2,1H3,(H,27,28)/t21-/m1/s1. The van der Waals surface area contributed by atoms with Crippen LogP contribution in [0.2, 0.25) is 0 Å². The third-order valence-corrected chi connectivity index (χ3v) is 5.39. The van der Waals surface area contributed by atoms with E-state index in [9.17, 15) is 14.7 Å². The van der Waals surface area contributed by atoms with Crippen LogP contribution >= 0.6 is 0 Å². The predicted octanol–water partition coefficient (Wildman–Crippen LogP) is 4.52. The van der Waals surface area contributed by atoms with Gasteiger partial charge >= 0.3 is 5.97 Å². The molecule has 2 heterocycles. The van der Waals surface area contributed by atoms with E-state index in [-0.39, 0.29) is 18.3 Å². The second-order valence-corrected chi connectivity index (χ2v) is 7.37. The fraction of sp³-hybridized carbons (Fsp3) is 0.250. The fourth-order valence-electron chi connectivity index (χ4n) is 3.71. The maximum absolute atomic E-state index is 12.7. The van der Waals surface area contributed by atoms with Crippen molar-refractivity contribution in [1.29, 1.82) is 0 Å². The van der Waals surface area contributed by atoms with E-state index in [0.717, 1.165) is 16.7 Å². The number of rotatable bonds is 6. The molecule has 6 nitrogen and oxygen atoms in total. The first-order valence-electron chi connectivity index (χ1n) is 9.94. The van der Waals surface area contributed by atoms with Gasteiger partial charge in [-0.15, -0.1) is 0 Å². The lowest BCUT2D eigenvalue weighted by atomic mass is 10.1. The van der Waals surface area contributed by atoms with Crippen LogP contribution in [-0.4, -0.2) is 34.5 Å². The number of amides is 1. The molecule has 1 N–H and O–H groups in total. The molecule has 1 aliphatic rings. The molecule has 1 atom stereocenters. The zero-order chi connectivity index (χ0) is 21.1. The van der Waals surface area contributed by atoms with Gasteiger partial charge in [0.1, 0.15) is 24.2 Å². The first kappa shape index (κ1) is 19.8. The smallest absolute Gasteiger partial charge is 0.326 e. The number of hydrogen-bond donors (Lipinski definition) is 1. The Balaban J connectivity index is 1.42. The molecule has 0 radical (unpaired) electrons. The van der Waals surface area contributed by atoms with Crippen molar-refractivity contribution in [3.8, 4) is 16.9 Å². The lowest BCUT2D eigenvalue weighted by Crippen LogP contribution is -2.40. The van der Waals surface area contributed by atoms with Crippen molar-refractivity contribution >= 4 is 11.9 Å². The number of nitrogens with zero attached hydrogens (tertiary/aromatic N) is 1. The number of carboxylic acids is 1. The summed E-state index contributed by atoms with van der Waals surface area (Å²) in [5, 5.41) is 9.30. The minimum Gasteiger partial charge on any atom is -0.489 e. The van der Waals surface area contributed by atoms with Crippen LogP contribution in [0.1, 0.15) is 34.7 Å². The van der Waals surface area contributed by atoms with Gasteiger partial charge in [-0.05, 0) is 49.1 Å². The molecule has 1 fully saturated rings. The number of carboxylic acid groups (broad SMARTS) is 1. The van der Waals surface area contributed by atoms with Gasteiger partial charge in [-0.25, -0.2) is 4.79 Å². The van der Waals surface area contributed by atoms with Crippen molar-refractivity contribution in [3.05, 3.63) is 77.7 Å². The number of furan rings is 1. The minimum absolute atomic E-state index is 0.152. The van der Waals surface area contributed by atoms with Gasteiger partial charge in [0.05, 0.1) is 0 Å². The van der Waals surface area contributed by atoms with Crippen LogP contribution in [0.4, 0.5) is 0 Å². The normalized spacial score (nSPS) is 15.9. The molecule has 4 rings (SSSR count). The summed E-state index contributed by atoms with van der Waals surface area (Å²) >= 11 is 0. The summed E-state index contributed by atoms with van der Waals surface area (Å²) in [6.45, 7) is 2.46. The maximum Gasteiger partial charge on any atom is 0.326 e. The van der Waals surface area contributed by atoms with Gasteiger partial charge in [-0.3, -0.25) is 4.79 Å². The lowest BCUT2D eigenvalue weighted by molar-refractivity contribution is -0.141. The van der Waals surface area contributed by atoms with Gasteiger partial charge < -0.3 is 19.2 Å². The van der Waals surface area contributed by atoms with Gasteiger partial charge in [0.2, 0.25) is 0 Å². The van der Waals surface area contributed by atoms with Gasteiger partial charge in [0.25, 0.3) is 5.91 Å². The molecule has 2 aromatic carbocycles. The lowest BCUT2D eigenvalue weighted by Gasteiger charge is -2.19. The summed E-state index contributed by atoms with van der Waals surface area (Å²) in [6, 6.07) is 18.8. The molecule has 1 aliphatic heterocycles. The van der Waals surface area contributed by atoms with Crippen molar-refractivity contribution < 1.29 is 23.8 Å². The highest BCUT2D eigenvalue weighted by Gasteiger charge is 2.35. The molecule has 1 saturated heterocycles. The van der Waals surface area contributed by atoms with E-state index in [1.807, 2.05) is 42.5 Å². The summed E-state index contributed by atoms with van der Waals surface area (Å²) in [5.74, 6) is 0.0887. The Labute approximate surface area is 174 Å². The van der Waals surface area contributed by atoms with Gasteiger partial charge in [0, 0.05) is 12.1 Å². The average Bonchev–Trinajstić information content (AvgIpc) is 3.40. The molecule has 0 unspecified atom stereocenters. The van der Waals surface area contributed by atoms with Crippen molar-refractivity contribution in [2.45, 2.75) is 32.4 Å². The number of carbonyl (C=O) groups excluding carboxylic acids is 1. The third-order valence-electron chi connectivity index (χ3n) is 5.39. The minimum atomic E-state index is -0.980. The van der Waals surface area contributed by atoms with Crippen LogP contribution in [0.25, 0.3) is 11.1 Å². The molecule has 154 valence electrons. The Bertz CT molecular complexity index is 1040. The summed E-state index contributed by atoms with van der Waals surface area (Å²) in [4.78, 5) is 25.4. The summed E-state index contributed by atoms with van der Waals surface area (Å²) in [6.07, 6.45) is 1.15. The Morgan fingerprint density at radius 2 is 1.80 bits per heavy atom. The van der Waals surface area contributed by atoms with E-state index in [0.29, 0.717) is 30.9 Å². The molecule has 0 saturated carbocycles. The highest BCUT2D eigenvalue weighted by Crippen LogP contribution is 2.25. The van der Waals surface area contributed by atoms with E-state index < -0.39 is 12.0 Å². The Morgan fingerprint density at radius 3 is 2.50 bits per heavy atom. The Hall–Kier alpha value is -3.54. The molecule has 1 amide bonds. The highest BCUT2D eigenvalue weighted by molar-refractivity contribution is 5.95. The molecular weight excluding hydrogens is 382 g/mol. The Morgan fingerprint density at radius 1 is 1.10 bits per heavy atom. The van der Waals surface area contributed by atoms with Crippen LogP contribution < -0.4 is 4.74 Å². The zero-order valence-corrected chi connectivity index (χ0v) is 16.7. The first-order chi connectivity index (χ1) is 14.5. The predicted molar refractivity (Wildman–Crippen MR) is 111 cm³/mol. The number of ether oxygens (including phenoxy) is 1. The second kappa shape index (κ2) is 8.45. The molecule has 30 heavy (non-hydrogen) atoms. The van der Waals surface area contributed by atoms with Crippen LogP contribution in [0.15, 0.2) is 65.1 Å². The maximum atomic E-state index is 12.7. The van der Waals surface area contributed by atoms with Crippen molar-refractivity contribution in [3.63, 3.8) is 0 Å². The number of aryl methyl sites for hydroxylation is 1. The molecule has 0 aliphatic carbocycles. The van der Waals surface area contributed by atoms with Crippen LogP contribution in [-0.2, 0) is 11.4 Å². The summed E-state index contributed by atoms with van der Waals surface area (Å²) in [7, 11) is 0.